The molecule has 0 spiro atoms. The average molecular weight is 234 g/mol. The molecule has 0 bridgehead atoms. The zero-order valence-electron chi connectivity index (χ0n) is 8.79. The van der Waals surface area contributed by atoms with Crippen LogP contribution in [-0.2, 0) is 0 Å². The van der Waals surface area contributed by atoms with E-state index in [1.165, 1.54) is 18.2 Å². The molecule has 1 N–H and O–H groups in total. The molecule has 0 aliphatic carbocycles. The molecule has 1 aromatic rings. The molecule has 1 atom stereocenters. The lowest BCUT2D eigenvalue weighted by molar-refractivity contribution is -0.207. The molecular formula is C11H13F3O2. The Morgan fingerprint density at radius 2 is 1.94 bits per heavy atom. The number of aliphatic hydroxyl groups is 1. The maximum Gasteiger partial charge on any atom is 0.418 e. The second-order valence-corrected chi connectivity index (χ2v) is 3.33. The van der Waals surface area contributed by atoms with Crippen molar-refractivity contribution in [3.8, 4) is 5.75 Å². The van der Waals surface area contributed by atoms with Crippen LogP contribution in [0.2, 0.25) is 0 Å². The van der Waals surface area contributed by atoms with Gasteiger partial charge in [-0.15, -0.1) is 0 Å². The summed E-state index contributed by atoms with van der Waals surface area (Å²) < 4.78 is 42.1. The largest absolute Gasteiger partial charge is 0.493 e. The fourth-order valence-electron chi connectivity index (χ4n) is 1.23. The highest BCUT2D eigenvalue weighted by Gasteiger charge is 2.40. The number of rotatable bonds is 4. The maximum atomic E-state index is 12.3. The van der Waals surface area contributed by atoms with Gasteiger partial charge in [0.05, 0.1) is 6.61 Å². The van der Waals surface area contributed by atoms with Gasteiger partial charge in [-0.1, -0.05) is 25.1 Å². The van der Waals surface area contributed by atoms with Crippen molar-refractivity contribution in [2.24, 2.45) is 0 Å². The van der Waals surface area contributed by atoms with E-state index < -0.39 is 12.3 Å². The highest BCUT2D eigenvalue weighted by molar-refractivity contribution is 5.35. The first kappa shape index (κ1) is 12.8. The Bertz CT molecular complexity index is 336. The van der Waals surface area contributed by atoms with E-state index in [1.54, 1.807) is 6.07 Å². The van der Waals surface area contributed by atoms with Gasteiger partial charge in [-0.25, -0.2) is 0 Å². The van der Waals surface area contributed by atoms with Crippen LogP contribution in [0.1, 0.15) is 25.0 Å². The zero-order valence-corrected chi connectivity index (χ0v) is 8.79. The van der Waals surface area contributed by atoms with Gasteiger partial charge in [0.2, 0.25) is 0 Å². The molecule has 0 saturated carbocycles. The Balaban J connectivity index is 2.94. The summed E-state index contributed by atoms with van der Waals surface area (Å²) in [6.07, 6.45) is -6.48. The third-order valence-electron chi connectivity index (χ3n) is 1.99. The van der Waals surface area contributed by atoms with Crippen LogP contribution in [0, 0.1) is 0 Å². The van der Waals surface area contributed by atoms with Crippen molar-refractivity contribution in [2.45, 2.75) is 25.6 Å². The third kappa shape index (κ3) is 3.13. The number of para-hydroxylation sites is 1. The minimum absolute atomic E-state index is 0.0779. The second-order valence-electron chi connectivity index (χ2n) is 3.33. The van der Waals surface area contributed by atoms with E-state index in [0.29, 0.717) is 13.0 Å². The van der Waals surface area contributed by atoms with Gasteiger partial charge in [0, 0.05) is 5.56 Å². The van der Waals surface area contributed by atoms with Crippen LogP contribution in [0.15, 0.2) is 24.3 Å². The summed E-state index contributed by atoms with van der Waals surface area (Å²) in [4.78, 5) is 0. The summed E-state index contributed by atoms with van der Waals surface area (Å²) >= 11 is 0. The molecule has 0 aromatic heterocycles. The van der Waals surface area contributed by atoms with Gasteiger partial charge in [-0.2, -0.15) is 13.2 Å². The van der Waals surface area contributed by atoms with Crippen LogP contribution in [0.4, 0.5) is 13.2 Å². The van der Waals surface area contributed by atoms with E-state index >= 15 is 0 Å². The molecule has 1 aromatic carbocycles. The lowest BCUT2D eigenvalue weighted by Gasteiger charge is -2.18. The molecule has 0 aliphatic heterocycles. The van der Waals surface area contributed by atoms with Crippen molar-refractivity contribution in [1.29, 1.82) is 0 Å². The molecule has 1 rings (SSSR count). The van der Waals surface area contributed by atoms with E-state index in [1.807, 2.05) is 6.92 Å². The molecule has 5 heteroatoms. The second kappa shape index (κ2) is 5.21. The predicted molar refractivity (Wildman–Crippen MR) is 53.2 cm³/mol. The van der Waals surface area contributed by atoms with Crippen molar-refractivity contribution in [2.75, 3.05) is 6.61 Å². The Hall–Kier alpha value is -1.23. The van der Waals surface area contributed by atoms with Crippen molar-refractivity contribution >= 4 is 0 Å². The third-order valence-corrected chi connectivity index (χ3v) is 1.99. The Kier molecular flexibility index (Phi) is 4.18. The maximum absolute atomic E-state index is 12.3. The summed E-state index contributed by atoms with van der Waals surface area (Å²) in [6.45, 7) is 2.17. The Labute approximate surface area is 91.7 Å². The van der Waals surface area contributed by atoms with Gasteiger partial charge in [-0.05, 0) is 12.5 Å². The number of hydrogen-bond donors (Lipinski definition) is 1. The van der Waals surface area contributed by atoms with Crippen molar-refractivity contribution in [3.05, 3.63) is 29.8 Å². The standard InChI is InChI=1S/C11H13F3O2/c1-2-7-16-9-6-4-3-5-8(9)10(15)11(12,13)14/h3-6,10,15H,2,7H2,1H3/t10-/m1/s1. The number of ether oxygens (including phenoxy) is 1. The van der Waals surface area contributed by atoms with Gasteiger partial charge < -0.3 is 9.84 Å². The number of alkyl halides is 3. The minimum Gasteiger partial charge on any atom is -0.493 e. The first-order valence-electron chi connectivity index (χ1n) is 4.93. The summed E-state index contributed by atoms with van der Waals surface area (Å²) in [7, 11) is 0. The highest BCUT2D eigenvalue weighted by Crippen LogP contribution is 2.36. The molecule has 90 valence electrons. The lowest BCUT2D eigenvalue weighted by Crippen LogP contribution is -2.21. The average Bonchev–Trinajstić information content (AvgIpc) is 2.24. The number of aliphatic hydroxyl groups excluding tert-OH is 1. The van der Waals surface area contributed by atoms with Crippen LogP contribution >= 0.6 is 0 Å². The van der Waals surface area contributed by atoms with Crippen molar-refractivity contribution < 1.29 is 23.0 Å². The van der Waals surface area contributed by atoms with Gasteiger partial charge in [-0.3, -0.25) is 0 Å². The van der Waals surface area contributed by atoms with Gasteiger partial charge in [0.15, 0.2) is 6.10 Å². The minimum atomic E-state index is -4.67. The summed E-state index contributed by atoms with van der Waals surface area (Å²) in [6, 6.07) is 5.63. The molecule has 16 heavy (non-hydrogen) atoms. The molecule has 0 heterocycles. The van der Waals surface area contributed by atoms with Crippen molar-refractivity contribution in [1.82, 2.24) is 0 Å². The highest BCUT2D eigenvalue weighted by atomic mass is 19.4. The van der Waals surface area contributed by atoms with Gasteiger partial charge >= 0.3 is 6.18 Å². The molecule has 0 amide bonds. The topological polar surface area (TPSA) is 29.5 Å². The van der Waals surface area contributed by atoms with Crippen LogP contribution in [-0.4, -0.2) is 17.9 Å². The van der Waals surface area contributed by atoms with Crippen LogP contribution < -0.4 is 4.74 Å². The van der Waals surface area contributed by atoms with Gasteiger partial charge in [0.1, 0.15) is 5.75 Å². The Morgan fingerprint density at radius 1 is 1.31 bits per heavy atom. The SMILES string of the molecule is CCCOc1ccccc1[C@@H](O)C(F)(F)F. The van der Waals surface area contributed by atoms with Crippen LogP contribution in [0.25, 0.3) is 0 Å². The molecule has 0 fully saturated rings. The first-order chi connectivity index (χ1) is 7.46. The lowest BCUT2D eigenvalue weighted by atomic mass is 10.1. The molecule has 0 unspecified atom stereocenters. The van der Waals surface area contributed by atoms with E-state index in [0.717, 1.165) is 0 Å². The van der Waals surface area contributed by atoms with E-state index in [-0.39, 0.29) is 11.3 Å². The molecular weight excluding hydrogens is 221 g/mol. The smallest absolute Gasteiger partial charge is 0.418 e. The molecule has 2 nitrogen and oxygen atoms in total. The van der Waals surface area contributed by atoms with E-state index in [4.69, 9.17) is 9.84 Å². The summed E-state index contributed by atoms with van der Waals surface area (Å²) in [5.74, 6) is 0.0779. The summed E-state index contributed by atoms with van der Waals surface area (Å²) in [5, 5.41) is 9.13. The number of benzene rings is 1. The quantitative estimate of drug-likeness (QED) is 0.867. The first-order valence-corrected chi connectivity index (χ1v) is 4.93. The fourth-order valence-corrected chi connectivity index (χ4v) is 1.23. The Morgan fingerprint density at radius 3 is 2.50 bits per heavy atom. The predicted octanol–water partition coefficient (Wildman–Crippen LogP) is 3.07. The normalized spacial score (nSPS) is 13.6. The molecule has 0 saturated heterocycles. The number of hydrogen-bond acceptors (Lipinski definition) is 2. The monoisotopic (exact) mass is 234 g/mol. The molecule has 0 aliphatic rings. The van der Waals surface area contributed by atoms with Crippen molar-refractivity contribution in [3.63, 3.8) is 0 Å². The summed E-state index contributed by atoms with van der Waals surface area (Å²) in [5.41, 5.74) is -0.247. The molecule has 0 radical (unpaired) electrons. The van der Waals surface area contributed by atoms with Gasteiger partial charge in [0.25, 0.3) is 0 Å². The van der Waals surface area contributed by atoms with Crippen LogP contribution in [0.3, 0.4) is 0 Å². The number of halogens is 3. The zero-order chi connectivity index (χ0) is 12.2. The van der Waals surface area contributed by atoms with E-state index in [2.05, 4.69) is 0 Å². The van der Waals surface area contributed by atoms with Crippen LogP contribution in [0.5, 0.6) is 5.75 Å². The van der Waals surface area contributed by atoms with E-state index in [9.17, 15) is 13.2 Å². The fraction of sp³-hybridized carbons (Fsp3) is 0.455.